The number of carbonyl (C=O) groups is 2. The Morgan fingerprint density at radius 3 is 2.43 bits per heavy atom. The van der Waals surface area contributed by atoms with Crippen LogP contribution < -0.4 is 16.0 Å². The second kappa shape index (κ2) is 7.97. The maximum absolute atomic E-state index is 12.5. The van der Waals surface area contributed by atoms with E-state index in [2.05, 4.69) is 16.0 Å². The van der Waals surface area contributed by atoms with Gasteiger partial charge in [-0.1, -0.05) is 12.1 Å². The predicted octanol–water partition coefficient (Wildman–Crippen LogP) is 2.25. The van der Waals surface area contributed by atoms with Crippen LogP contribution in [-0.4, -0.2) is 35.2 Å². The lowest BCUT2D eigenvalue weighted by Crippen LogP contribution is -2.39. The lowest BCUT2D eigenvalue weighted by molar-refractivity contribution is 0.0868. The smallest absolute Gasteiger partial charge is 0.319 e. The topological polar surface area (TPSA) is 90.5 Å². The van der Waals surface area contributed by atoms with E-state index in [1.165, 1.54) is 0 Å². The second-order valence-corrected chi connectivity index (χ2v) is 6.28. The number of aliphatic hydroxyl groups excluding tert-OH is 1. The minimum absolute atomic E-state index is 0.0182. The Hall–Kier alpha value is -2.08. The largest absolute Gasteiger partial charge is 0.393 e. The molecule has 6 nitrogen and oxygen atoms in total. The molecule has 0 aromatic heterocycles. The average molecular weight is 319 g/mol. The van der Waals surface area contributed by atoms with Crippen LogP contribution >= 0.6 is 0 Å². The van der Waals surface area contributed by atoms with Crippen molar-refractivity contribution < 1.29 is 14.7 Å². The summed E-state index contributed by atoms with van der Waals surface area (Å²) in [4.78, 5) is 24.3. The molecule has 0 saturated heterocycles. The highest BCUT2D eigenvalue weighted by molar-refractivity contribution is 6.03. The van der Waals surface area contributed by atoms with Gasteiger partial charge in [-0.15, -0.1) is 0 Å². The first-order chi connectivity index (χ1) is 11.0. The molecule has 23 heavy (non-hydrogen) atoms. The van der Waals surface area contributed by atoms with Crippen molar-refractivity contribution in [2.45, 2.75) is 57.7 Å². The van der Waals surface area contributed by atoms with Crippen LogP contribution in [0.2, 0.25) is 0 Å². The summed E-state index contributed by atoms with van der Waals surface area (Å²) in [6, 6.07) is 6.70. The van der Waals surface area contributed by atoms with Gasteiger partial charge in [0.25, 0.3) is 5.91 Å². The maximum atomic E-state index is 12.5. The molecule has 1 aromatic carbocycles. The number of amides is 3. The van der Waals surface area contributed by atoms with Gasteiger partial charge in [0.05, 0.1) is 17.4 Å². The van der Waals surface area contributed by atoms with Crippen LogP contribution in [0, 0.1) is 0 Å². The summed E-state index contributed by atoms with van der Waals surface area (Å²) in [7, 11) is 0. The number of nitrogens with one attached hydrogen (secondary N) is 3. The van der Waals surface area contributed by atoms with Gasteiger partial charge in [0.15, 0.2) is 0 Å². The van der Waals surface area contributed by atoms with Gasteiger partial charge < -0.3 is 21.1 Å². The maximum Gasteiger partial charge on any atom is 0.319 e. The molecule has 2 rings (SSSR count). The minimum atomic E-state index is -0.332. The molecule has 0 bridgehead atoms. The van der Waals surface area contributed by atoms with Gasteiger partial charge in [0.2, 0.25) is 0 Å². The van der Waals surface area contributed by atoms with Crippen molar-refractivity contribution in [3.05, 3.63) is 29.8 Å². The molecular formula is C17H25N3O3. The Kier molecular flexibility index (Phi) is 5.98. The fourth-order valence-electron chi connectivity index (χ4n) is 2.69. The molecule has 6 heteroatoms. The van der Waals surface area contributed by atoms with Crippen LogP contribution in [0.25, 0.3) is 0 Å². The van der Waals surface area contributed by atoms with E-state index in [0.29, 0.717) is 24.1 Å². The molecule has 0 atom stereocenters. The standard InChI is InChI=1S/C17H25N3O3/c1-11(2)18-17(23)20-15-6-4-3-5-14(15)16(22)19-12-7-9-13(21)10-8-12/h3-6,11-13,21H,7-10H2,1-2H3,(H,19,22)(H2,18,20,23). The summed E-state index contributed by atoms with van der Waals surface area (Å²) >= 11 is 0. The van der Waals surface area contributed by atoms with Gasteiger partial charge in [0.1, 0.15) is 0 Å². The average Bonchev–Trinajstić information content (AvgIpc) is 2.49. The van der Waals surface area contributed by atoms with E-state index in [-0.39, 0.29) is 30.1 Å². The van der Waals surface area contributed by atoms with Gasteiger partial charge >= 0.3 is 6.03 Å². The number of para-hydroxylation sites is 1. The van der Waals surface area contributed by atoms with Crippen LogP contribution in [0.1, 0.15) is 49.9 Å². The van der Waals surface area contributed by atoms with Crippen molar-refractivity contribution in [1.29, 1.82) is 0 Å². The van der Waals surface area contributed by atoms with E-state index in [1.807, 2.05) is 13.8 Å². The Morgan fingerprint density at radius 1 is 1.13 bits per heavy atom. The van der Waals surface area contributed by atoms with Crippen LogP contribution in [0.3, 0.4) is 0 Å². The summed E-state index contributed by atoms with van der Waals surface area (Å²) in [6.07, 6.45) is 2.72. The zero-order valence-corrected chi connectivity index (χ0v) is 13.6. The molecule has 1 aliphatic rings. The SMILES string of the molecule is CC(C)NC(=O)Nc1ccccc1C(=O)NC1CCC(O)CC1. The van der Waals surface area contributed by atoms with Crippen molar-refractivity contribution in [1.82, 2.24) is 10.6 Å². The molecule has 1 aliphatic carbocycles. The highest BCUT2D eigenvalue weighted by Crippen LogP contribution is 2.20. The van der Waals surface area contributed by atoms with Gasteiger partial charge in [-0.3, -0.25) is 4.79 Å². The summed E-state index contributed by atoms with van der Waals surface area (Å²) in [5.41, 5.74) is 0.927. The molecule has 1 fully saturated rings. The number of aliphatic hydroxyl groups is 1. The van der Waals surface area contributed by atoms with E-state index >= 15 is 0 Å². The van der Waals surface area contributed by atoms with Crippen LogP contribution in [0.4, 0.5) is 10.5 Å². The van der Waals surface area contributed by atoms with Crippen LogP contribution in [-0.2, 0) is 0 Å². The number of hydrogen-bond acceptors (Lipinski definition) is 3. The van der Waals surface area contributed by atoms with Crippen molar-refractivity contribution in [3.63, 3.8) is 0 Å². The number of rotatable bonds is 4. The number of benzene rings is 1. The fourth-order valence-corrected chi connectivity index (χ4v) is 2.69. The molecule has 0 spiro atoms. The van der Waals surface area contributed by atoms with E-state index in [1.54, 1.807) is 24.3 Å². The molecule has 1 saturated carbocycles. The number of urea groups is 1. The highest BCUT2D eigenvalue weighted by atomic mass is 16.3. The Balaban J connectivity index is 2.01. The van der Waals surface area contributed by atoms with Crippen molar-refractivity contribution in [2.75, 3.05) is 5.32 Å². The number of carbonyl (C=O) groups excluding carboxylic acids is 2. The van der Waals surface area contributed by atoms with Crippen LogP contribution in [0.15, 0.2) is 24.3 Å². The molecule has 0 heterocycles. The third-order valence-electron chi connectivity index (χ3n) is 3.87. The fraction of sp³-hybridized carbons (Fsp3) is 0.529. The van der Waals surface area contributed by atoms with Gasteiger partial charge in [-0.2, -0.15) is 0 Å². The zero-order valence-electron chi connectivity index (χ0n) is 13.6. The number of hydrogen-bond donors (Lipinski definition) is 4. The molecule has 1 aromatic rings. The summed E-state index contributed by atoms with van der Waals surface area (Å²) in [5, 5.41) is 18.0. The first-order valence-corrected chi connectivity index (χ1v) is 8.11. The Morgan fingerprint density at radius 2 is 1.78 bits per heavy atom. The highest BCUT2D eigenvalue weighted by Gasteiger charge is 2.22. The summed E-state index contributed by atoms with van der Waals surface area (Å²) in [5.74, 6) is -0.202. The van der Waals surface area contributed by atoms with Crippen molar-refractivity contribution in [2.24, 2.45) is 0 Å². The molecule has 0 unspecified atom stereocenters. The van der Waals surface area contributed by atoms with Gasteiger partial charge in [-0.25, -0.2) is 4.79 Å². The molecule has 3 amide bonds. The molecular weight excluding hydrogens is 294 g/mol. The van der Waals surface area contributed by atoms with Gasteiger partial charge in [0, 0.05) is 12.1 Å². The normalized spacial score (nSPS) is 20.9. The summed E-state index contributed by atoms with van der Waals surface area (Å²) < 4.78 is 0. The minimum Gasteiger partial charge on any atom is -0.393 e. The first-order valence-electron chi connectivity index (χ1n) is 8.11. The Labute approximate surface area is 136 Å². The van der Waals surface area contributed by atoms with Gasteiger partial charge in [-0.05, 0) is 51.7 Å². The van der Waals surface area contributed by atoms with Crippen molar-refractivity contribution in [3.8, 4) is 0 Å². The lowest BCUT2D eigenvalue weighted by atomic mass is 9.93. The van der Waals surface area contributed by atoms with Crippen LogP contribution in [0.5, 0.6) is 0 Å². The quantitative estimate of drug-likeness (QED) is 0.686. The van der Waals surface area contributed by atoms with E-state index in [4.69, 9.17) is 0 Å². The molecule has 126 valence electrons. The van der Waals surface area contributed by atoms with Crippen molar-refractivity contribution >= 4 is 17.6 Å². The molecule has 4 N–H and O–H groups in total. The third-order valence-corrected chi connectivity index (χ3v) is 3.87. The van der Waals surface area contributed by atoms with E-state index in [0.717, 1.165) is 12.8 Å². The Bertz CT molecular complexity index is 552. The second-order valence-electron chi connectivity index (χ2n) is 6.28. The molecule has 0 aliphatic heterocycles. The summed E-state index contributed by atoms with van der Waals surface area (Å²) in [6.45, 7) is 3.74. The van der Waals surface area contributed by atoms with E-state index < -0.39 is 0 Å². The van der Waals surface area contributed by atoms with E-state index in [9.17, 15) is 14.7 Å². The molecule has 0 radical (unpaired) electrons. The number of anilines is 1. The third kappa shape index (κ3) is 5.25. The lowest BCUT2D eigenvalue weighted by Gasteiger charge is -2.26. The zero-order chi connectivity index (χ0) is 16.8. The first kappa shape index (κ1) is 17.3. The monoisotopic (exact) mass is 319 g/mol. The predicted molar refractivity (Wildman–Crippen MR) is 89.5 cm³/mol.